The summed E-state index contributed by atoms with van der Waals surface area (Å²) in [5.74, 6) is 0.495. The van der Waals surface area contributed by atoms with E-state index in [-0.39, 0.29) is 12.0 Å². The molecule has 1 amide bonds. The third-order valence-electron chi connectivity index (χ3n) is 3.20. The smallest absolute Gasteiger partial charge is 0.276 e. The van der Waals surface area contributed by atoms with Gasteiger partial charge in [-0.3, -0.25) is 9.69 Å². The molecule has 3 rings (SSSR count). The molecule has 1 unspecified atom stereocenters. The minimum Gasteiger partial charge on any atom is -0.465 e. The predicted molar refractivity (Wildman–Crippen MR) is 73.1 cm³/mol. The second kappa shape index (κ2) is 5.14. The van der Waals surface area contributed by atoms with Crippen LogP contribution in [0.5, 0.6) is 0 Å². The Labute approximate surface area is 116 Å². The highest BCUT2D eigenvalue weighted by atomic mass is 32.1. The van der Waals surface area contributed by atoms with Gasteiger partial charge in [0.15, 0.2) is 5.11 Å². The van der Waals surface area contributed by atoms with E-state index in [1.54, 1.807) is 29.4 Å². The van der Waals surface area contributed by atoms with Gasteiger partial charge in [0.05, 0.1) is 18.9 Å². The van der Waals surface area contributed by atoms with Gasteiger partial charge in [-0.25, -0.2) is 0 Å². The van der Waals surface area contributed by atoms with Crippen LogP contribution in [-0.4, -0.2) is 35.2 Å². The molecule has 2 aliphatic heterocycles. The molecular weight excluding hydrogens is 264 g/mol. The van der Waals surface area contributed by atoms with Crippen LogP contribution in [0.3, 0.4) is 0 Å². The Hall–Kier alpha value is -1.66. The van der Waals surface area contributed by atoms with Crippen LogP contribution in [0.15, 0.2) is 28.5 Å². The van der Waals surface area contributed by atoms with Crippen molar-refractivity contribution in [1.29, 1.82) is 0 Å². The lowest BCUT2D eigenvalue weighted by molar-refractivity contribution is -0.123. The number of thiocarbonyl (C=S) groups is 1. The Morgan fingerprint density at radius 1 is 1.58 bits per heavy atom. The number of nitrogens with zero attached hydrogens (tertiary/aromatic N) is 1. The van der Waals surface area contributed by atoms with Gasteiger partial charge in [-0.2, -0.15) is 0 Å². The molecule has 2 saturated heterocycles. The van der Waals surface area contributed by atoms with Crippen molar-refractivity contribution < 1.29 is 13.9 Å². The summed E-state index contributed by atoms with van der Waals surface area (Å²) in [5, 5.41) is 3.35. The van der Waals surface area contributed by atoms with E-state index in [1.807, 2.05) is 0 Å². The van der Waals surface area contributed by atoms with E-state index in [4.69, 9.17) is 21.4 Å². The zero-order valence-electron chi connectivity index (χ0n) is 10.3. The normalized spacial score (nSPS) is 25.4. The molecule has 0 saturated carbocycles. The maximum Gasteiger partial charge on any atom is 0.276 e. The van der Waals surface area contributed by atoms with Crippen molar-refractivity contribution in [2.24, 2.45) is 0 Å². The lowest BCUT2D eigenvalue weighted by atomic mass is 10.2. The van der Waals surface area contributed by atoms with E-state index >= 15 is 0 Å². The molecule has 0 radical (unpaired) electrons. The number of ether oxygens (including phenoxy) is 1. The van der Waals surface area contributed by atoms with Crippen molar-refractivity contribution >= 4 is 29.3 Å². The number of furan rings is 1. The molecular formula is C13H14N2O3S. The van der Waals surface area contributed by atoms with Gasteiger partial charge in [0.1, 0.15) is 11.5 Å². The molecule has 1 aromatic rings. The first-order chi connectivity index (χ1) is 9.24. The lowest BCUT2D eigenvalue weighted by Gasteiger charge is -2.18. The van der Waals surface area contributed by atoms with Crippen LogP contribution in [0.25, 0.3) is 6.08 Å². The number of amides is 1. The van der Waals surface area contributed by atoms with Crippen LogP contribution < -0.4 is 5.32 Å². The monoisotopic (exact) mass is 278 g/mol. The first-order valence-corrected chi connectivity index (χ1v) is 6.64. The number of hydrogen-bond donors (Lipinski definition) is 1. The van der Waals surface area contributed by atoms with Gasteiger partial charge >= 0.3 is 0 Å². The molecule has 2 fully saturated rings. The molecule has 6 heteroatoms. The van der Waals surface area contributed by atoms with Gasteiger partial charge in [-0.15, -0.1) is 0 Å². The number of hydrogen-bond acceptors (Lipinski definition) is 4. The third-order valence-corrected chi connectivity index (χ3v) is 3.52. The molecule has 1 atom stereocenters. The Morgan fingerprint density at radius 2 is 2.47 bits per heavy atom. The molecule has 0 aliphatic carbocycles. The highest BCUT2D eigenvalue weighted by molar-refractivity contribution is 7.80. The quantitative estimate of drug-likeness (QED) is 0.671. The summed E-state index contributed by atoms with van der Waals surface area (Å²) in [4.78, 5) is 13.8. The number of nitrogens with one attached hydrogen (secondary N) is 1. The highest BCUT2D eigenvalue weighted by Crippen LogP contribution is 2.19. The molecule has 5 nitrogen and oxygen atoms in total. The average molecular weight is 278 g/mol. The SMILES string of the molecule is O=C1/C(=C\c2ccco2)NC(=S)N1CC1CCCO1. The number of carbonyl (C=O) groups excluding carboxylic acids is 1. The zero-order valence-corrected chi connectivity index (χ0v) is 11.1. The second-order valence-corrected chi connectivity index (χ2v) is 4.94. The van der Waals surface area contributed by atoms with Crippen molar-refractivity contribution in [2.75, 3.05) is 13.2 Å². The van der Waals surface area contributed by atoms with Crippen LogP contribution in [0.1, 0.15) is 18.6 Å². The second-order valence-electron chi connectivity index (χ2n) is 4.55. The molecule has 1 aromatic heterocycles. The summed E-state index contributed by atoms with van der Waals surface area (Å²) in [6.45, 7) is 1.28. The summed E-state index contributed by atoms with van der Waals surface area (Å²) in [6, 6.07) is 3.56. The molecule has 3 heterocycles. The van der Waals surface area contributed by atoms with Gasteiger partial charge in [0.2, 0.25) is 0 Å². The summed E-state index contributed by atoms with van der Waals surface area (Å²) in [6.07, 6.45) is 5.33. The zero-order chi connectivity index (χ0) is 13.2. The number of carbonyl (C=O) groups is 1. The molecule has 1 N–H and O–H groups in total. The Bertz CT molecular complexity index is 518. The summed E-state index contributed by atoms with van der Waals surface area (Å²) < 4.78 is 10.7. The van der Waals surface area contributed by atoms with E-state index in [1.165, 1.54) is 0 Å². The van der Waals surface area contributed by atoms with Gasteiger partial charge in [-0.05, 0) is 37.2 Å². The van der Waals surface area contributed by atoms with Gasteiger partial charge in [0.25, 0.3) is 5.91 Å². The minimum absolute atomic E-state index is 0.0895. The molecule has 0 aromatic carbocycles. The van der Waals surface area contributed by atoms with Crippen molar-refractivity contribution in [2.45, 2.75) is 18.9 Å². The van der Waals surface area contributed by atoms with Crippen LogP contribution in [0, 0.1) is 0 Å². The lowest BCUT2D eigenvalue weighted by Crippen LogP contribution is -2.37. The van der Waals surface area contributed by atoms with Crippen molar-refractivity contribution in [3.05, 3.63) is 29.9 Å². The minimum atomic E-state index is -0.128. The average Bonchev–Trinajstić information content (AvgIpc) is 3.10. The standard InChI is InChI=1S/C13H14N2O3S/c16-12-11(7-9-3-1-5-17-9)14-13(19)15(12)8-10-4-2-6-18-10/h1,3,5,7,10H,2,4,6,8H2,(H,14,19)/b11-7+. The fourth-order valence-electron chi connectivity index (χ4n) is 2.25. The maximum absolute atomic E-state index is 12.2. The summed E-state index contributed by atoms with van der Waals surface area (Å²) >= 11 is 5.19. The van der Waals surface area contributed by atoms with Gasteiger partial charge < -0.3 is 14.5 Å². The largest absolute Gasteiger partial charge is 0.465 e. The topological polar surface area (TPSA) is 54.7 Å². The molecule has 0 spiro atoms. The summed E-state index contributed by atoms with van der Waals surface area (Å²) in [7, 11) is 0. The fourth-order valence-corrected chi connectivity index (χ4v) is 2.51. The van der Waals surface area contributed by atoms with E-state index in [0.717, 1.165) is 19.4 Å². The van der Waals surface area contributed by atoms with Gasteiger partial charge in [0, 0.05) is 12.7 Å². The van der Waals surface area contributed by atoms with E-state index < -0.39 is 0 Å². The molecule has 2 aliphatic rings. The first-order valence-electron chi connectivity index (χ1n) is 6.24. The summed E-state index contributed by atoms with van der Waals surface area (Å²) in [5.41, 5.74) is 0.443. The first kappa shape index (κ1) is 12.4. The Morgan fingerprint density at radius 3 is 3.16 bits per heavy atom. The van der Waals surface area contributed by atoms with Crippen LogP contribution in [-0.2, 0) is 9.53 Å². The predicted octanol–water partition coefficient (Wildman–Crippen LogP) is 1.52. The van der Waals surface area contributed by atoms with Crippen LogP contribution in [0.2, 0.25) is 0 Å². The Kier molecular flexibility index (Phi) is 3.35. The van der Waals surface area contributed by atoms with E-state index in [0.29, 0.717) is 23.1 Å². The van der Waals surface area contributed by atoms with E-state index in [9.17, 15) is 4.79 Å². The van der Waals surface area contributed by atoms with Crippen molar-refractivity contribution in [3.63, 3.8) is 0 Å². The van der Waals surface area contributed by atoms with Crippen LogP contribution >= 0.6 is 12.2 Å². The van der Waals surface area contributed by atoms with Crippen LogP contribution in [0.4, 0.5) is 0 Å². The van der Waals surface area contributed by atoms with E-state index in [2.05, 4.69) is 5.32 Å². The van der Waals surface area contributed by atoms with Crippen molar-refractivity contribution in [3.8, 4) is 0 Å². The van der Waals surface area contributed by atoms with Crippen molar-refractivity contribution in [1.82, 2.24) is 10.2 Å². The third kappa shape index (κ3) is 2.54. The molecule has 19 heavy (non-hydrogen) atoms. The fraction of sp³-hybridized carbons (Fsp3) is 0.385. The van der Waals surface area contributed by atoms with Gasteiger partial charge in [-0.1, -0.05) is 0 Å². The highest BCUT2D eigenvalue weighted by Gasteiger charge is 2.33. The number of rotatable bonds is 3. The maximum atomic E-state index is 12.2. The Balaban J connectivity index is 1.73. The molecule has 0 bridgehead atoms. The molecule has 100 valence electrons.